The molecule has 6 nitrogen and oxygen atoms in total. The number of rotatable bonds is 2. The number of para-hydroxylation sites is 1. The van der Waals surface area contributed by atoms with Crippen LogP contribution in [0.1, 0.15) is 11.3 Å². The molecule has 2 heterocycles. The van der Waals surface area contributed by atoms with E-state index in [-0.39, 0.29) is 17.5 Å². The van der Waals surface area contributed by atoms with E-state index in [1.807, 2.05) is 0 Å². The zero-order valence-corrected chi connectivity index (χ0v) is 14.1. The van der Waals surface area contributed by atoms with Gasteiger partial charge in [0.25, 0.3) is 0 Å². The van der Waals surface area contributed by atoms with Gasteiger partial charge in [-0.15, -0.1) is 0 Å². The van der Waals surface area contributed by atoms with Gasteiger partial charge in [-0.2, -0.15) is 13.2 Å². The van der Waals surface area contributed by atoms with Gasteiger partial charge in [0, 0.05) is 18.3 Å². The number of fused-ring (bicyclic) bond motifs is 1. The van der Waals surface area contributed by atoms with E-state index in [0.717, 1.165) is 12.1 Å². The minimum absolute atomic E-state index is 0.0295. The van der Waals surface area contributed by atoms with Crippen molar-refractivity contribution in [1.82, 2.24) is 5.43 Å². The molecule has 4 rings (SSSR count). The van der Waals surface area contributed by atoms with Gasteiger partial charge in [-0.25, -0.2) is 5.43 Å². The number of nitrogens with one attached hydrogen (secondary N) is 1. The summed E-state index contributed by atoms with van der Waals surface area (Å²) in [7, 11) is 0. The van der Waals surface area contributed by atoms with Crippen LogP contribution < -0.4 is 15.9 Å². The van der Waals surface area contributed by atoms with Crippen molar-refractivity contribution >= 4 is 22.2 Å². The SMILES string of the molecule is O=c1c(C2=CN(c3ccccc3)NC2)c(C(F)(F)F)oc2c(O)c(O)ccc12. The number of aromatic hydroxyl groups is 2. The number of hydrogen-bond donors (Lipinski definition) is 3. The summed E-state index contributed by atoms with van der Waals surface area (Å²) in [5.41, 5.74) is 1.35. The van der Waals surface area contributed by atoms with Gasteiger partial charge in [0.2, 0.25) is 16.9 Å². The third kappa shape index (κ3) is 2.85. The van der Waals surface area contributed by atoms with Crippen molar-refractivity contribution in [2.24, 2.45) is 0 Å². The average Bonchev–Trinajstić information content (AvgIpc) is 3.14. The fraction of sp³-hybridized carbons (Fsp3) is 0.105. The Morgan fingerprint density at radius 1 is 1.07 bits per heavy atom. The second-order valence-corrected chi connectivity index (χ2v) is 6.14. The van der Waals surface area contributed by atoms with E-state index in [0.29, 0.717) is 5.69 Å². The zero-order chi connectivity index (χ0) is 20.1. The molecule has 0 bridgehead atoms. The van der Waals surface area contributed by atoms with Crippen molar-refractivity contribution in [2.45, 2.75) is 6.18 Å². The lowest BCUT2D eigenvalue weighted by atomic mass is 10.0. The maximum Gasteiger partial charge on any atom is 0.450 e. The quantitative estimate of drug-likeness (QED) is 0.580. The second kappa shape index (κ2) is 6.31. The van der Waals surface area contributed by atoms with Crippen LogP contribution in [0.25, 0.3) is 16.5 Å². The first kappa shape index (κ1) is 17.9. The molecule has 3 N–H and O–H groups in total. The van der Waals surface area contributed by atoms with Gasteiger partial charge < -0.3 is 14.6 Å². The molecule has 28 heavy (non-hydrogen) atoms. The molecule has 9 heteroatoms. The predicted octanol–water partition coefficient (Wildman–Crippen LogP) is 3.59. The molecule has 0 spiro atoms. The number of phenolic OH excluding ortho intramolecular Hbond substituents is 2. The van der Waals surface area contributed by atoms with Crippen molar-refractivity contribution in [3.8, 4) is 11.5 Å². The molecule has 3 aromatic rings. The first-order chi connectivity index (χ1) is 13.3. The smallest absolute Gasteiger partial charge is 0.450 e. The summed E-state index contributed by atoms with van der Waals surface area (Å²) in [5.74, 6) is -3.14. The van der Waals surface area contributed by atoms with E-state index in [1.54, 1.807) is 30.3 Å². The number of halogens is 3. The molecule has 0 saturated heterocycles. The van der Waals surface area contributed by atoms with Crippen molar-refractivity contribution in [2.75, 3.05) is 11.6 Å². The molecule has 1 aromatic heterocycles. The molecule has 1 aliphatic rings. The van der Waals surface area contributed by atoms with Crippen molar-refractivity contribution in [3.63, 3.8) is 0 Å². The van der Waals surface area contributed by atoms with E-state index >= 15 is 0 Å². The van der Waals surface area contributed by atoms with E-state index in [4.69, 9.17) is 4.42 Å². The highest BCUT2D eigenvalue weighted by molar-refractivity contribution is 5.88. The van der Waals surface area contributed by atoms with Crippen molar-refractivity contribution < 1.29 is 27.8 Å². The first-order valence-electron chi connectivity index (χ1n) is 8.15. The van der Waals surface area contributed by atoms with Gasteiger partial charge in [0.1, 0.15) is 0 Å². The Kier molecular flexibility index (Phi) is 4.04. The summed E-state index contributed by atoms with van der Waals surface area (Å²) >= 11 is 0. The van der Waals surface area contributed by atoms with Crippen LogP contribution in [-0.2, 0) is 6.18 Å². The molecule has 0 aliphatic carbocycles. The average molecular weight is 390 g/mol. The van der Waals surface area contributed by atoms with Crippen LogP contribution in [0.5, 0.6) is 11.5 Å². The molecule has 0 saturated carbocycles. The number of alkyl halides is 3. The Morgan fingerprint density at radius 2 is 1.79 bits per heavy atom. The van der Waals surface area contributed by atoms with Crippen LogP contribution >= 0.6 is 0 Å². The Hall–Kier alpha value is -3.46. The van der Waals surface area contributed by atoms with Gasteiger partial charge >= 0.3 is 6.18 Å². The molecule has 0 amide bonds. The Labute approximate surface area is 155 Å². The maximum absolute atomic E-state index is 13.6. The highest BCUT2D eigenvalue weighted by Crippen LogP contribution is 2.40. The third-order valence-electron chi connectivity index (χ3n) is 4.35. The standard InChI is InChI=1S/C19H13F3N2O4/c20-19(21,22)18-14(10-8-23-24(9-10)11-4-2-1-3-5-11)15(26)12-6-7-13(25)16(27)17(12)28-18/h1-7,9,23,25,27H,8H2. The predicted molar refractivity (Wildman–Crippen MR) is 95.7 cm³/mol. The Bertz CT molecular complexity index is 1150. The van der Waals surface area contributed by atoms with Crippen molar-refractivity contribution in [3.05, 3.63) is 70.2 Å². The van der Waals surface area contributed by atoms with Crippen LogP contribution in [0.2, 0.25) is 0 Å². The summed E-state index contributed by atoms with van der Waals surface area (Å²) in [6.07, 6.45) is -3.59. The fourth-order valence-electron chi connectivity index (χ4n) is 3.05. The lowest BCUT2D eigenvalue weighted by Gasteiger charge is -2.14. The number of phenols is 2. The fourth-order valence-corrected chi connectivity index (χ4v) is 3.05. The van der Waals surface area contributed by atoms with Crippen molar-refractivity contribution in [1.29, 1.82) is 0 Å². The van der Waals surface area contributed by atoms with E-state index < -0.39 is 40.0 Å². The maximum atomic E-state index is 13.6. The Morgan fingerprint density at radius 3 is 2.46 bits per heavy atom. The molecule has 0 radical (unpaired) electrons. The molecular formula is C19H13F3N2O4. The molecule has 1 aliphatic heterocycles. The topological polar surface area (TPSA) is 85.9 Å². The molecule has 144 valence electrons. The van der Waals surface area contributed by atoms with Gasteiger partial charge in [0.15, 0.2) is 11.3 Å². The lowest BCUT2D eigenvalue weighted by molar-refractivity contribution is -0.153. The summed E-state index contributed by atoms with van der Waals surface area (Å²) in [4.78, 5) is 12.8. The molecule has 0 atom stereocenters. The minimum atomic E-state index is -4.98. The number of hydrogen-bond acceptors (Lipinski definition) is 6. The summed E-state index contributed by atoms with van der Waals surface area (Å²) in [6.45, 7) is -0.0295. The molecule has 0 fully saturated rings. The second-order valence-electron chi connectivity index (χ2n) is 6.14. The van der Waals surface area contributed by atoms with Crippen LogP contribution in [0, 0.1) is 0 Å². The van der Waals surface area contributed by atoms with Gasteiger partial charge in [-0.3, -0.25) is 9.80 Å². The van der Waals surface area contributed by atoms with Gasteiger partial charge in [-0.1, -0.05) is 18.2 Å². The lowest BCUT2D eigenvalue weighted by Crippen LogP contribution is -2.28. The molecular weight excluding hydrogens is 377 g/mol. The van der Waals surface area contributed by atoms with E-state index in [2.05, 4.69) is 5.43 Å². The normalized spacial score (nSPS) is 14.5. The highest BCUT2D eigenvalue weighted by Gasteiger charge is 2.41. The van der Waals surface area contributed by atoms with Gasteiger partial charge in [-0.05, 0) is 24.3 Å². The number of anilines is 1. The van der Waals surface area contributed by atoms with E-state index in [9.17, 15) is 28.2 Å². The van der Waals surface area contributed by atoms with Crippen LogP contribution in [0.15, 0.2) is 57.9 Å². The molecule has 0 unspecified atom stereocenters. The monoisotopic (exact) mass is 390 g/mol. The van der Waals surface area contributed by atoms with Crippen LogP contribution in [0.4, 0.5) is 18.9 Å². The van der Waals surface area contributed by atoms with Crippen LogP contribution in [0.3, 0.4) is 0 Å². The zero-order valence-electron chi connectivity index (χ0n) is 14.1. The summed E-state index contributed by atoms with van der Waals surface area (Å²) in [5, 5.41) is 20.6. The van der Waals surface area contributed by atoms with Gasteiger partial charge in [0.05, 0.1) is 16.6 Å². The third-order valence-corrected chi connectivity index (χ3v) is 4.35. The number of hydrazine groups is 1. The Balaban J connectivity index is 1.95. The largest absolute Gasteiger partial charge is 0.504 e. The minimum Gasteiger partial charge on any atom is -0.504 e. The van der Waals surface area contributed by atoms with Crippen LogP contribution in [-0.4, -0.2) is 16.8 Å². The van der Waals surface area contributed by atoms with E-state index in [1.165, 1.54) is 11.2 Å². The highest BCUT2D eigenvalue weighted by atomic mass is 19.4. The molecule has 2 aromatic carbocycles. The summed E-state index contributed by atoms with van der Waals surface area (Å²) in [6, 6.07) is 11.0. The first-order valence-corrected chi connectivity index (χ1v) is 8.15. The summed E-state index contributed by atoms with van der Waals surface area (Å²) < 4.78 is 45.8. The number of benzene rings is 2. The number of nitrogens with zero attached hydrogens (tertiary/aromatic N) is 1.